The van der Waals surface area contributed by atoms with Crippen LogP contribution in [-0.4, -0.2) is 53.8 Å². The summed E-state index contributed by atoms with van der Waals surface area (Å²) in [5, 5.41) is 9.69. The highest BCUT2D eigenvalue weighted by molar-refractivity contribution is 7.80. The van der Waals surface area contributed by atoms with E-state index in [-0.39, 0.29) is 36.4 Å². The number of amides is 2. The van der Waals surface area contributed by atoms with Crippen molar-refractivity contribution in [2.75, 3.05) is 25.2 Å². The van der Waals surface area contributed by atoms with E-state index in [0.717, 1.165) is 18.5 Å². The van der Waals surface area contributed by atoms with Crippen molar-refractivity contribution in [3.63, 3.8) is 0 Å². The van der Waals surface area contributed by atoms with E-state index in [1.54, 1.807) is 30.3 Å². The fourth-order valence-electron chi connectivity index (χ4n) is 4.35. The SMILES string of the molecule is O=C(N[C@H](C(=O)NC1CC1)C1CCN(C(=S)Nc2ccc(F)cc2)CC1)c1ccc2c(c1)OCO2. The smallest absolute Gasteiger partial charge is 0.252 e. The summed E-state index contributed by atoms with van der Waals surface area (Å²) >= 11 is 5.53. The summed E-state index contributed by atoms with van der Waals surface area (Å²) in [6.07, 6.45) is 3.32. The number of nitrogens with zero attached hydrogens (tertiary/aromatic N) is 1. The molecule has 35 heavy (non-hydrogen) atoms. The number of fused-ring (bicyclic) bond motifs is 1. The molecule has 184 valence electrons. The second kappa shape index (κ2) is 10.1. The Morgan fingerprint density at radius 3 is 2.43 bits per heavy atom. The maximum absolute atomic E-state index is 13.2. The lowest BCUT2D eigenvalue weighted by atomic mass is 9.88. The van der Waals surface area contributed by atoms with Gasteiger partial charge in [0.15, 0.2) is 16.6 Å². The van der Waals surface area contributed by atoms with Crippen LogP contribution in [0.2, 0.25) is 0 Å². The number of benzene rings is 2. The monoisotopic (exact) mass is 498 g/mol. The number of carbonyl (C=O) groups excluding carboxylic acids is 2. The number of ether oxygens (including phenoxy) is 2. The van der Waals surface area contributed by atoms with Gasteiger partial charge in [0.2, 0.25) is 12.7 Å². The van der Waals surface area contributed by atoms with Gasteiger partial charge in [-0.25, -0.2) is 4.39 Å². The minimum absolute atomic E-state index is 0.0309. The Balaban J connectivity index is 1.22. The molecule has 0 aromatic heterocycles. The van der Waals surface area contributed by atoms with E-state index >= 15 is 0 Å². The van der Waals surface area contributed by atoms with Gasteiger partial charge in [0.05, 0.1) is 0 Å². The van der Waals surface area contributed by atoms with Crippen molar-refractivity contribution in [1.82, 2.24) is 15.5 Å². The van der Waals surface area contributed by atoms with E-state index in [0.29, 0.717) is 48.1 Å². The van der Waals surface area contributed by atoms with Gasteiger partial charge in [-0.05, 0) is 86.3 Å². The minimum atomic E-state index is -0.644. The number of carbonyl (C=O) groups is 2. The van der Waals surface area contributed by atoms with Crippen molar-refractivity contribution in [3.8, 4) is 11.5 Å². The van der Waals surface area contributed by atoms with Crippen molar-refractivity contribution in [3.05, 3.63) is 53.8 Å². The summed E-state index contributed by atoms with van der Waals surface area (Å²) in [6, 6.07) is 10.6. The molecule has 2 heterocycles. The quantitative estimate of drug-likeness (QED) is 0.528. The zero-order chi connectivity index (χ0) is 24.4. The predicted molar refractivity (Wildman–Crippen MR) is 132 cm³/mol. The minimum Gasteiger partial charge on any atom is -0.454 e. The fraction of sp³-hybridized carbons (Fsp3) is 0.400. The number of halogens is 1. The highest BCUT2D eigenvalue weighted by Crippen LogP contribution is 2.32. The summed E-state index contributed by atoms with van der Waals surface area (Å²) in [6.45, 7) is 1.42. The molecule has 10 heteroatoms. The molecule has 2 amide bonds. The maximum atomic E-state index is 13.2. The lowest BCUT2D eigenvalue weighted by Gasteiger charge is -2.37. The van der Waals surface area contributed by atoms with Gasteiger partial charge in [-0.15, -0.1) is 0 Å². The van der Waals surface area contributed by atoms with E-state index in [4.69, 9.17) is 21.7 Å². The molecule has 1 aliphatic carbocycles. The highest BCUT2D eigenvalue weighted by atomic mass is 32.1. The van der Waals surface area contributed by atoms with Gasteiger partial charge < -0.3 is 30.3 Å². The molecule has 2 aromatic rings. The number of likely N-dealkylation sites (tertiary alicyclic amines) is 1. The molecule has 5 rings (SSSR count). The second-order valence-electron chi connectivity index (χ2n) is 9.06. The molecule has 1 saturated carbocycles. The summed E-state index contributed by atoms with van der Waals surface area (Å²) < 4.78 is 23.9. The van der Waals surface area contributed by atoms with Crippen LogP contribution in [0.4, 0.5) is 10.1 Å². The lowest BCUT2D eigenvalue weighted by molar-refractivity contribution is -0.124. The van der Waals surface area contributed by atoms with Crippen LogP contribution in [0.1, 0.15) is 36.0 Å². The Bertz CT molecular complexity index is 1120. The number of thiocarbonyl (C=S) groups is 1. The van der Waals surface area contributed by atoms with Gasteiger partial charge >= 0.3 is 0 Å². The zero-order valence-corrected chi connectivity index (χ0v) is 19.9. The first-order chi connectivity index (χ1) is 17.0. The van der Waals surface area contributed by atoms with Gasteiger partial charge in [0.25, 0.3) is 5.91 Å². The number of anilines is 1. The van der Waals surface area contributed by atoms with Crippen molar-refractivity contribution in [2.24, 2.45) is 5.92 Å². The Labute approximate surface area is 208 Å². The second-order valence-corrected chi connectivity index (χ2v) is 9.45. The van der Waals surface area contributed by atoms with Gasteiger partial charge in [0, 0.05) is 30.4 Å². The van der Waals surface area contributed by atoms with Crippen LogP contribution < -0.4 is 25.4 Å². The van der Waals surface area contributed by atoms with Crippen LogP contribution in [0.3, 0.4) is 0 Å². The van der Waals surface area contributed by atoms with Gasteiger partial charge in [0.1, 0.15) is 11.9 Å². The largest absolute Gasteiger partial charge is 0.454 e. The molecule has 1 saturated heterocycles. The Hall–Kier alpha value is -3.40. The molecular weight excluding hydrogens is 471 g/mol. The first-order valence-corrected chi connectivity index (χ1v) is 12.2. The first-order valence-electron chi connectivity index (χ1n) is 11.8. The predicted octanol–water partition coefficient (Wildman–Crippen LogP) is 3.04. The molecule has 3 N–H and O–H groups in total. The number of hydrogen-bond acceptors (Lipinski definition) is 5. The molecule has 2 aromatic carbocycles. The summed E-state index contributed by atoms with van der Waals surface area (Å²) in [4.78, 5) is 28.2. The summed E-state index contributed by atoms with van der Waals surface area (Å²) in [5.74, 6) is 0.314. The van der Waals surface area contributed by atoms with Gasteiger partial charge in [-0.1, -0.05) is 0 Å². The third-order valence-electron chi connectivity index (χ3n) is 6.52. The third-order valence-corrected chi connectivity index (χ3v) is 6.88. The Kier molecular flexibility index (Phi) is 6.72. The van der Waals surface area contributed by atoms with Crippen molar-refractivity contribution >= 4 is 34.8 Å². The number of rotatable bonds is 6. The zero-order valence-electron chi connectivity index (χ0n) is 19.1. The molecular formula is C25H27FN4O4S. The van der Waals surface area contributed by atoms with Crippen LogP contribution in [-0.2, 0) is 4.79 Å². The molecule has 0 bridgehead atoms. The van der Waals surface area contributed by atoms with Crippen LogP contribution in [0.5, 0.6) is 11.5 Å². The van der Waals surface area contributed by atoms with E-state index < -0.39 is 6.04 Å². The van der Waals surface area contributed by atoms with E-state index in [2.05, 4.69) is 16.0 Å². The van der Waals surface area contributed by atoms with E-state index in [1.807, 2.05) is 4.90 Å². The molecule has 3 aliphatic rings. The van der Waals surface area contributed by atoms with Gasteiger partial charge in [-0.2, -0.15) is 0 Å². The Morgan fingerprint density at radius 2 is 1.71 bits per heavy atom. The molecule has 0 spiro atoms. The van der Waals surface area contributed by atoms with E-state index in [9.17, 15) is 14.0 Å². The average Bonchev–Trinajstić information content (AvgIpc) is 3.55. The summed E-state index contributed by atoms with van der Waals surface area (Å²) in [5.41, 5.74) is 1.14. The van der Waals surface area contributed by atoms with Crippen LogP contribution >= 0.6 is 12.2 Å². The Morgan fingerprint density at radius 1 is 1.00 bits per heavy atom. The molecule has 2 aliphatic heterocycles. The molecule has 2 fully saturated rings. The molecule has 8 nitrogen and oxygen atoms in total. The van der Waals surface area contributed by atoms with Crippen molar-refractivity contribution in [1.29, 1.82) is 0 Å². The van der Waals surface area contributed by atoms with Crippen molar-refractivity contribution < 1.29 is 23.5 Å². The average molecular weight is 499 g/mol. The highest BCUT2D eigenvalue weighted by Gasteiger charge is 2.36. The summed E-state index contributed by atoms with van der Waals surface area (Å²) in [7, 11) is 0. The van der Waals surface area contributed by atoms with E-state index in [1.165, 1.54) is 12.1 Å². The molecule has 0 unspecified atom stereocenters. The standard InChI is InChI=1S/C25H27FN4O4S/c26-17-2-4-19(5-3-17)28-25(35)30-11-9-15(10-12-30)22(24(32)27-18-6-7-18)29-23(31)16-1-8-20-21(13-16)34-14-33-20/h1-5,8,13,15,18,22H,6-7,9-12,14H2,(H,27,32)(H,28,35)(H,29,31)/t22-/m0/s1. The first kappa shape index (κ1) is 23.3. The van der Waals surface area contributed by atoms with Crippen LogP contribution in [0.15, 0.2) is 42.5 Å². The number of piperidine rings is 1. The topological polar surface area (TPSA) is 91.9 Å². The normalized spacial score (nSPS) is 18.0. The van der Waals surface area contributed by atoms with Crippen LogP contribution in [0.25, 0.3) is 0 Å². The fourth-order valence-corrected chi connectivity index (χ4v) is 4.65. The maximum Gasteiger partial charge on any atom is 0.252 e. The third kappa shape index (κ3) is 5.64. The van der Waals surface area contributed by atoms with Gasteiger partial charge in [-0.3, -0.25) is 9.59 Å². The number of hydrogen-bond donors (Lipinski definition) is 3. The number of nitrogens with one attached hydrogen (secondary N) is 3. The molecule has 1 atom stereocenters. The lowest BCUT2D eigenvalue weighted by Crippen LogP contribution is -2.54. The molecule has 0 radical (unpaired) electrons. The van der Waals surface area contributed by atoms with Crippen LogP contribution in [0, 0.1) is 11.7 Å². The van der Waals surface area contributed by atoms with Crippen molar-refractivity contribution in [2.45, 2.75) is 37.8 Å².